The first kappa shape index (κ1) is 19.1. The van der Waals surface area contributed by atoms with Crippen LogP contribution in [-0.4, -0.2) is 40.3 Å². The minimum Gasteiger partial charge on any atom is -0.444 e. The van der Waals surface area contributed by atoms with Crippen molar-refractivity contribution < 1.29 is 9.53 Å². The highest BCUT2D eigenvalue weighted by atomic mass is 16.6. The van der Waals surface area contributed by atoms with Gasteiger partial charge in [-0.2, -0.15) is 0 Å². The molecular weight excluding hydrogens is 318 g/mol. The van der Waals surface area contributed by atoms with E-state index in [9.17, 15) is 9.59 Å². The lowest BCUT2D eigenvalue weighted by Gasteiger charge is -2.32. The molecule has 0 radical (unpaired) electrons. The number of terminal acetylenes is 1. The fourth-order valence-corrected chi connectivity index (χ4v) is 2.86. The Morgan fingerprint density at radius 2 is 2.04 bits per heavy atom. The number of carbonyl (C=O) groups excluding carboxylic acids is 1. The van der Waals surface area contributed by atoms with Gasteiger partial charge < -0.3 is 14.6 Å². The van der Waals surface area contributed by atoms with E-state index in [4.69, 9.17) is 11.2 Å². The van der Waals surface area contributed by atoms with Crippen molar-refractivity contribution in [2.24, 2.45) is 0 Å². The van der Waals surface area contributed by atoms with Crippen LogP contribution in [0.25, 0.3) is 0 Å². The standard InChI is InChI=1S/C19H27N3O3/c1-5-10-22-14-15(6-7-17(22)23)13-21-11-8-16(9-12-21)20-18(24)25-19(2,3)4/h1,6-7,14,16H,8-13H2,2-4H3,(H,20,24). The average Bonchev–Trinajstić information content (AvgIpc) is 2.51. The van der Waals surface area contributed by atoms with Crippen LogP contribution in [0.1, 0.15) is 39.2 Å². The van der Waals surface area contributed by atoms with Crippen molar-refractivity contribution in [2.75, 3.05) is 13.1 Å². The minimum atomic E-state index is -0.480. The molecule has 136 valence electrons. The van der Waals surface area contributed by atoms with Crippen molar-refractivity contribution in [3.8, 4) is 12.3 Å². The molecule has 1 aromatic heterocycles. The Kier molecular flexibility index (Phi) is 6.27. The zero-order valence-electron chi connectivity index (χ0n) is 15.2. The van der Waals surface area contributed by atoms with Gasteiger partial charge in [0, 0.05) is 37.9 Å². The van der Waals surface area contributed by atoms with Crippen LogP contribution in [0, 0.1) is 12.3 Å². The van der Waals surface area contributed by atoms with E-state index in [1.165, 1.54) is 0 Å². The number of amides is 1. The van der Waals surface area contributed by atoms with Crippen LogP contribution in [0.3, 0.4) is 0 Å². The van der Waals surface area contributed by atoms with E-state index in [0.717, 1.165) is 38.0 Å². The summed E-state index contributed by atoms with van der Waals surface area (Å²) < 4.78 is 6.85. The maximum atomic E-state index is 11.8. The van der Waals surface area contributed by atoms with Crippen molar-refractivity contribution in [1.29, 1.82) is 0 Å². The third-order valence-corrected chi connectivity index (χ3v) is 4.02. The molecule has 1 amide bonds. The second-order valence-electron chi connectivity index (χ2n) is 7.40. The van der Waals surface area contributed by atoms with Gasteiger partial charge >= 0.3 is 6.09 Å². The minimum absolute atomic E-state index is 0.0815. The molecule has 1 fully saturated rings. The molecular formula is C19H27N3O3. The average molecular weight is 345 g/mol. The molecule has 1 saturated heterocycles. The van der Waals surface area contributed by atoms with Crippen LogP contribution in [-0.2, 0) is 17.8 Å². The molecule has 0 aliphatic carbocycles. The number of alkyl carbamates (subject to hydrolysis) is 1. The number of piperidine rings is 1. The van der Waals surface area contributed by atoms with Gasteiger partial charge in [-0.1, -0.05) is 12.0 Å². The van der Waals surface area contributed by atoms with Gasteiger partial charge in [0.15, 0.2) is 0 Å². The van der Waals surface area contributed by atoms with Gasteiger partial charge in [-0.05, 0) is 39.2 Å². The maximum Gasteiger partial charge on any atom is 0.407 e. The summed E-state index contributed by atoms with van der Waals surface area (Å²) in [6.45, 7) is 8.39. The summed E-state index contributed by atoms with van der Waals surface area (Å²) in [7, 11) is 0. The Balaban J connectivity index is 1.83. The Hall–Kier alpha value is -2.26. The molecule has 2 rings (SSSR count). The molecule has 0 saturated carbocycles. The molecule has 2 heterocycles. The highest BCUT2D eigenvalue weighted by molar-refractivity contribution is 5.68. The third kappa shape index (κ3) is 6.28. The van der Waals surface area contributed by atoms with Crippen LogP contribution in [0.5, 0.6) is 0 Å². The number of hydrogen-bond acceptors (Lipinski definition) is 4. The number of hydrogen-bond donors (Lipinski definition) is 1. The summed E-state index contributed by atoms with van der Waals surface area (Å²) in [5.74, 6) is 2.49. The monoisotopic (exact) mass is 345 g/mol. The molecule has 6 heteroatoms. The quantitative estimate of drug-likeness (QED) is 0.848. The SMILES string of the molecule is C#CCn1cc(CN2CCC(NC(=O)OC(C)(C)C)CC2)ccc1=O. The van der Waals surface area contributed by atoms with Gasteiger partial charge in [0.2, 0.25) is 0 Å². The predicted octanol–water partition coefficient (Wildman–Crippen LogP) is 1.97. The zero-order valence-corrected chi connectivity index (χ0v) is 15.2. The lowest BCUT2D eigenvalue weighted by atomic mass is 10.0. The van der Waals surface area contributed by atoms with Gasteiger partial charge in [-0.3, -0.25) is 9.69 Å². The van der Waals surface area contributed by atoms with Crippen LogP contribution in [0.2, 0.25) is 0 Å². The van der Waals surface area contributed by atoms with Crippen LogP contribution in [0.15, 0.2) is 23.1 Å². The third-order valence-electron chi connectivity index (χ3n) is 4.02. The van der Waals surface area contributed by atoms with Crippen LogP contribution in [0.4, 0.5) is 4.79 Å². The first-order valence-corrected chi connectivity index (χ1v) is 8.61. The molecule has 1 aliphatic rings. The Morgan fingerprint density at radius 3 is 2.64 bits per heavy atom. The van der Waals surface area contributed by atoms with Crippen molar-refractivity contribution in [1.82, 2.24) is 14.8 Å². The number of nitrogens with one attached hydrogen (secondary N) is 1. The smallest absolute Gasteiger partial charge is 0.407 e. The van der Waals surface area contributed by atoms with Crippen LogP contribution >= 0.6 is 0 Å². The molecule has 0 aromatic carbocycles. The van der Waals surface area contributed by atoms with E-state index in [-0.39, 0.29) is 24.2 Å². The molecule has 0 bridgehead atoms. The van der Waals surface area contributed by atoms with Crippen LogP contribution < -0.4 is 10.9 Å². The first-order valence-electron chi connectivity index (χ1n) is 8.61. The largest absolute Gasteiger partial charge is 0.444 e. The molecule has 0 spiro atoms. The van der Waals surface area contributed by atoms with E-state index in [2.05, 4.69) is 16.1 Å². The molecule has 0 unspecified atom stereocenters. The zero-order chi connectivity index (χ0) is 18.4. The highest BCUT2D eigenvalue weighted by Gasteiger charge is 2.23. The molecule has 25 heavy (non-hydrogen) atoms. The van der Waals surface area contributed by atoms with Crippen molar-refractivity contribution in [2.45, 2.75) is 58.3 Å². The van der Waals surface area contributed by atoms with Crippen molar-refractivity contribution in [3.05, 3.63) is 34.2 Å². The normalized spacial score (nSPS) is 16.2. The van der Waals surface area contributed by atoms with Gasteiger partial charge in [-0.25, -0.2) is 4.79 Å². The molecule has 1 aromatic rings. The number of pyridine rings is 1. The second kappa shape index (κ2) is 8.21. The van der Waals surface area contributed by atoms with Crippen molar-refractivity contribution >= 4 is 6.09 Å². The number of ether oxygens (including phenoxy) is 1. The van der Waals surface area contributed by atoms with E-state index in [0.29, 0.717) is 0 Å². The second-order valence-corrected chi connectivity index (χ2v) is 7.40. The summed E-state index contributed by atoms with van der Waals surface area (Å²) in [6.07, 6.45) is 8.52. The first-order chi connectivity index (χ1) is 11.8. The number of aromatic nitrogens is 1. The predicted molar refractivity (Wildman–Crippen MR) is 97.2 cm³/mol. The number of carbonyl (C=O) groups is 1. The summed E-state index contributed by atoms with van der Waals surface area (Å²) in [5, 5.41) is 2.94. The molecule has 1 aliphatic heterocycles. The lowest BCUT2D eigenvalue weighted by molar-refractivity contribution is 0.0477. The summed E-state index contributed by atoms with van der Waals surface area (Å²) >= 11 is 0. The summed E-state index contributed by atoms with van der Waals surface area (Å²) in [4.78, 5) is 25.8. The topological polar surface area (TPSA) is 63.6 Å². The lowest BCUT2D eigenvalue weighted by Crippen LogP contribution is -2.45. The number of likely N-dealkylation sites (tertiary alicyclic amines) is 1. The number of nitrogens with zero attached hydrogens (tertiary/aromatic N) is 2. The van der Waals surface area contributed by atoms with Gasteiger partial charge in [-0.15, -0.1) is 6.42 Å². The summed E-state index contributed by atoms with van der Waals surface area (Å²) in [5.41, 5.74) is 0.502. The molecule has 6 nitrogen and oxygen atoms in total. The van der Waals surface area contributed by atoms with Gasteiger partial charge in [0.05, 0.1) is 6.54 Å². The Labute approximate surface area is 149 Å². The Morgan fingerprint density at radius 1 is 1.36 bits per heavy atom. The maximum absolute atomic E-state index is 11.8. The Bertz CT molecular complexity index is 689. The van der Waals surface area contributed by atoms with E-state index < -0.39 is 5.60 Å². The molecule has 1 N–H and O–H groups in total. The highest BCUT2D eigenvalue weighted by Crippen LogP contribution is 2.14. The van der Waals surface area contributed by atoms with E-state index in [1.54, 1.807) is 10.6 Å². The van der Waals surface area contributed by atoms with Crippen molar-refractivity contribution in [3.63, 3.8) is 0 Å². The van der Waals surface area contributed by atoms with Gasteiger partial charge in [0.25, 0.3) is 5.56 Å². The van der Waals surface area contributed by atoms with E-state index in [1.807, 2.05) is 33.0 Å². The number of rotatable bonds is 4. The molecule has 0 atom stereocenters. The van der Waals surface area contributed by atoms with Gasteiger partial charge in [0.1, 0.15) is 5.60 Å². The fraction of sp³-hybridized carbons (Fsp3) is 0.579. The summed E-state index contributed by atoms with van der Waals surface area (Å²) in [6, 6.07) is 3.55. The fourth-order valence-electron chi connectivity index (χ4n) is 2.86. The van der Waals surface area contributed by atoms with E-state index >= 15 is 0 Å².